The Bertz CT molecular complexity index is 635. The molecule has 0 aliphatic carbocycles. The fourth-order valence-corrected chi connectivity index (χ4v) is 2.12. The summed E-state index contributed by atoms with van der Waals surface area (Å²) >= 11 is 5.83. The van der Waals surface area contributed by atoms with Gasteiger partial charge in [0.25, 0.3) is 0 Å². The zero-order chi connectivity index (χ0) is 14.5. The largest absolute Gasteiger partial charge is 0.299 e. The molecule has 3 nitrogen and oxygen atoms in total. The highest BCUT2D eigenvalue weighted by molar-refractivity contribution is 6.30. The van der Waals surface area contributed by atoms with E-state index in [4.69, 9.17) is 11.6 Å². The predicted octanol–water partition coefficient (Wildman–Crippen LogP) is 3.29. The molecule has 1 heterocycles. The maximum absolute atomic E-state index is 12.0. The second kappa shape index (κ2) is 6.44. The molecule has 2 rings (SSSR count). The smallest absolute Gasteiger partial charge is 0.159 e. The number of ketones is 2. The number of benzene rings is 1. The lowest BCUT2D eigenvalue weighted by molar-refractivity contribution is -0.117. The lowest BCUT2D eigenvalue weighted by Gasteiger charge is -2.03. The molecule has 0 saturated carbocycles. The third-order valence-corrected chi connectivity index (χ3v) is 3.13. The molecule has 20 heavy (non-hydrogen) atoms. The monoisotopic (exact) mass is 287 g/mol. The predicted molar refractivity (Wildman–Crippen MR) is 78.1 cm³/mol. The molecule has 0 aliphatic heterocycles. The van der Waals surface area contributed by atoms with E-state index in [-0.39, 0.29) is 11.6 Å². The number of aromatic nitrogens is 1. The average molecular weight is 288 g/mol. The fraction of sp³-hybridized carbons (Fsp3) is 0.188. The molecular formula is C16H14ClNO2. The molecule has 1 aromatic heterocycles. The third kappa shape index (κ3) is 4.00. The normalized spacial score (nSPS) is 10.3. The van der Waals surface area contributed by atoms with Crippen molar-refractivity contribution in [3.63, 3.8) is 0 Å². The molecule has 0 amide bonds. The van der Waals surface area contributed by atoms with Gasteiger partial charge in [-0.1, -0.05) is 35.9 Å². The molecule has 102 valence electrons. The van der Waals surface area contributed by atoms with Gasteiger partial charge in [-0.15, -0.1) is 0 Å². The number of nitrogens with zero attached hydrogens (tertiary/aromatic N) is 1. The number of pyridine rings is 1. The Kier molecular flexibility index (Phi) is 4.64. The summed E-state index contributed by atoms with van der Waals surface area (Å²) in [5.74, 6) is 0.109. The van der Waals surface area contributed by atoms with E-state index in [0.29, 0.717) is 23.4 Å². The number of rotatable bonds is 5. The summed E-state index contributed by atoms with van der Waals surface area (Å²) in [6.07, 6.45) is 3.82. The maximum atomic E-state index is 12.0. The first-order valence-electron chi connectivity index (χ1n) is 6.25. The first kappa shape index (κ1) is 14.4. The van der Waals surface area contributed by atoms with Crippen molar-refractivity contribution in [2.24, 2.45) is 0 Å². The Morgan fingerprint density at radius 1 is 1.05 bits per heavy atom. The molecule has 0 N–H and O–H groups in total. The van der Waals surface area contributed by atoms with E-state index < -0.39 is 0 Å². The van der Waals surface area contributed by atoms with Crippen molar-refractivity contribution in [2.45, 2.75) is 19.8 Å². The number of halogens is 1. The Morgan fingerprint density at radius 2 is 1.70 bits per heavy atom. The molecule has 1 aromatic carbocycles. The van der Waals surface area contributed by atoms with Crippen LogP contribution < -0.4 is 0 Å². The maximum Gasteiger partial charge on any atom is 0.159 e. The zero-order valence-electron chi connectivity index (χ0n) is 11.1. The van der Waals surface area contributed by atoms with E-state index in [2.05, 4.69) is 4.98 Å². The fourth-order valence-electron chi connectivity index (χ4n) is 1.93. The van der Waals surface area contributed by atoms with Gasteiger partial charge in [0.15, 0.2) is 5.78 Å². The van der Waals surface area contributed by atoms with Crippen molar-refractivity contribution in [2.75, 3.05) is 0 Å². The van der Waals surface area contributed by atoms with Crippen LogP contribution in [0, 0.1) is 0 Å². The molecule has 0 bridgehead atoms. The van der Waals surface area contributed by atoms with Gasteiger partial charge in [-0.3, -0.25) is 14.6 Å². The summed E-state index contributed by atoms with van der Waals surface area (Å²) in [7, 11) is 0. The van der Waals surface area contributed by atoms with Crippen LogP contribution in [-0.4, -0.2) is 16.6 Å². The van der Waals surface area contributed by atoms with Crippen LogP contribution in [0.15, 0.2) is 42.7 Å². The molecule has 0 unspecified atom stereocenters. The van der Waals surface area contributed by atoms with Gasteiger partial charge < -0.3 is 0 Å². The van der Waals surface area contributed by atoms with Gasteiger partial charge in [0.1, 0.15) is 5.78 Å². The molecule has 0 spiro atoms. The van der Waals surface area contributed by atoms with Crippen molar-refractivity contribution in [1.82, 2.24) is 4.98 Å². The highest BCUT2D eigenvalue weighted by atomic mass is 35.5. The Morgan fingerprint density at radius 3 is 2.30 bits per heavy atom. The van der Waals surface area contributed by atoms with E-state index >= 15 is 0 Å². The van der Waals surface area contributed by atoms with E-state index in [1.165, 1.54) is 13.1 Å². The number of hydrogen-bond donors (Lipinski definition) is 0. The van der Waals surface area contributed by atoms with Crippen LogP contribution in [0.3, 0.4) is 0 Å². The van der Waals surface area contributed by atoms with Gasteiger partial charge in [0.05, 0.1) is 5.02 Å². The zero-order valence-corrected chi connectivity index (χ0v) is 11.9. The Balaban J connectivity index is 1.99. The van der Waals surface area contributed by atoms with Crippen molar-refractivity contribution >= 4 is 23.2 Å². The first-order valence-corrected chi connectivity index (χ1v) is 6.63. The Hall–Kier alpha value is -2.00. The minimum absolute atomic E-state index is 0.0212. The van der Waals surface area contributed by atoms with Crippen LogP contribution in [-0.2, 0) is 17.6 Å². The van der Waals surface area contributed by atoms with Crippen LogP contribution >= 0.6 is 11.6 Å². The van der Waals surface area contributed by atoms with Gasteiger partial charge in [-0.25, -0.2) is 0 Å². The lowest BCUT2D eigenvalue weighted by Crippen LogP contribution is -2.07. The van der Waals surface area contributed by atoms with Crippen LogP contribution in [0.4, 0.5) is 0 Å². The molecule has 0 aliphatic rings. The van der Waals surface area contributed by atoms with Crippen LogP contribution in [0.5, 0.6) is 0 Å². The van der Waals surface area contributed by atoms with E-state index in [1.54, 1.807) is 24.4 Å². The summed E-state index contributed by atoms with van der Waals surface area (Å²) in [5.41, 5.74) is 2.36. The van der Waals surface area contributed by atoms with E-state index in [1.807, 2.05) is 12.1 Å². The van der Waals surface area contributed by atoms with E-state index in [9.17, 15) is 9.59 Å². The van der Waals surface area contributed by atoms with Crippen LogP contribution in [0.25, 0.3) is 0 Å². The SMILES string of the molecule is CC(=O)c1ccc(CC(=O)Cc2cncc(Cl)c2)cc1. The summed E-state index contributed by atoms with van der Waals surface area (Å²) in [4.78, 5) is 27.1. The van der Waals surface area contributed by atoms with Gasteiger partial charge in [0.2, 0.25) is 0 Å². The van der Waals surface area contributed by atoms with Crippen molar-refractivity contribution < 1.29 is 9.59 Å². The second-order valence-electron chi connectivity index (χ2n) is 4.66. The van der Waals surface area contributed by atoms with Gasteiger partial charge >= 0.3 is 0 Å². The minimum atomic E-state index is 0.0212. The number of hydrogen-bond acceptors (Lipinski definition) is 3. The third-order valence-electron chi connectivity index (χ3n) is 2.92. The summed E-state index contributed by atoms with van der Waals surface area (Å²) in [5, 5.41) is 0.529. The van der Waals surface area contributed by atoms with Gasteiger partial charge in [0, 0.05) is 30.8 Å². The topological polar surface area (TPSA) is 47.0 Å². The molecular weight excluding hydrogens is 274 g/mol. The molecule has 0 atom stereocenters. The standard InChI is InChI=1S/C16H14ClNO2/c1-11(19)14-4-2-12(3-5-14)7-16(20)8-13-6-15(17)10-18-9-13/h2-6,9-10H,7-8H2,1H3. The molecule has 0 radical (unpaired) electrons. The average Bonchev–Trinajstić information content (AvgIpc) is 2.39. The van der Waals surface area contributed by atoms with Crippen molar-refractivity contribution in [3.05, 3.63) is 64.4 Å². The minimum Gasteiger partial charge on any atom is -0.299 e. The highest BCUT2D eigenvalue weighted by Gasteiger charge is 2.07. The quantitative estimate of drug-likeness (QED) is 0.793. The number of Topliss-reactive ketones (excluding diaryl/α,β-unsaturated/α-hetero) is 2. The molecule has 0 saturated heterocycles. The van der Waals surface area contributed by atoms with Crippen molar-refractivity contribution in [1.29, 1.82) is 0 Å². The highest BCUT2D eigenvalue weighted by Crippen LogP contribution is 2.11. The van der Waals surface area contributed by atoms with Gasteiger partial charge in [-0.2, -0.15) is 0 Å². The molecule has 4 heteroatoms. The van der Waals surface area contributed by atoms with Gasteiger partial charge in [-0.05, 0) is 24.1 Å². The van der Waals surface area contributed by atoms with Crippen LogP contribution in [0.1, 0.15) is 28.4 Å². The first-order chi connectivity index (χ1) is 9.54. The van der Waals surface area contributed by atoms with Crippen LogP contribution in [0.2, 0.25) is 5.02 Å². The lowest BCUT2D eigenvalue weighted by atomic mass is 10.0. The number of carbonyl (C=O) groups is 2. The second-order valence-corrected chi connectivity index (χ2v) is 5.09. The Labute approximate surface area is 122 Å². The van der Waals surface area contributed by atoms with E-state index in [0.717, 1.165) is 11.1 Å². The van der Waals surface area contributed by atoms with Crippen molar-refractivity contribution in [3.8, 4) is 0 Å². The summed E-state index contributed by atoms with van der Waals surface area (Å²) in [6.45, 7) is 1.52. The summed E-state index contributed by atoms with van der Waals surface area (Å²) < 4.78 is 0. The molecule has 0 fully saturated rings. The molecule has 2 aromatic rings. The number of carbonyl (C=O) groups excluding carboxylic acids is 2. The summed E-state index contributed by atoms with van der Waals surface area (Å²) in [6, 6.07) is 8.85.